The highest BCUT2D eigenvalue weighted by Gasteiger charge is 2.39. The molecule has 1 amide bonds. The maximum absolute atomic E-state index is 11.9. The second kappa shape index (κ2) is 8.86. The van der Waals surface area contributed by atoms with Crippen LogP contribution in [0.25, 0.3) is 0 Å². The number of amides is 1. The van der Waals surface area contributed by atoms with Gasteiger partial charge in [-0.25, -0.2) is 0 Å². The Morgan fingerprint density at radius 1 is 1.26 bits per heavy atom. The standard InChI is InChI=1S/C15H23NO6S/c1-8(2)5-13(19)16-11-7-23-12(6-21-9(3)17)14(20)15(11)22-10(4)18/h8,11-12,14-15,20H,5-6H2,1-4H3,(H,16,19). The average molecular weight is 345 g/mol. The number of rotatable bonds is 6. The SMILES string of the molecule is CC(=O)OCC1S#CC(NC(=O)CC(C)C)C(OC(C)=O)C1O. The van der Waals surface area contributed by atoms with Crippen LogP contribution in [0.5, 0.6) is 0 Å². The Hall–Kier alpha value is -1.63. The Labute approximate surface area is 139 Å². The van der Waals surface area contributed by atoms with Crippen molar-refractivity contribution in [2.45, 2.75) is 57.6 Å². The number of aliphatic hydroxyl groups is 1. The molecule has 2 N–H and O–H groups in total. The fourth-order valence-electron chi connectivity index (χ4n) is 2.08. The van der Waals surface area contributed by atoms with Crippen molar-refractivity contribution in [2.75, 3.05) is 6.61 Å². The molecule has 0 aliphatic carbocycles. The van der Waals surface area contributed by atoms with Crippen LogP contribution in [0, 0.1) is 11.1 Å². The largest absolute Gasteiger partial charge is 0.464 e. The summed E-state index contributed by atoms with van der Waals surface area (Å²) in [5, 5.41) is 15.5. The molecule has 0 saturated carbocycles. The van der Waals surface area contributed by atoms with Crippen LogP contribution < -0.4 is 5.32 Å². The highest BCUT2D eigenvalue weighted by atomic mass is 32.1. The summed E-state index contributed by atoms with van der Waals surface area (Å²) in [7, 11) is 0. The Balaban J connectivity index is 2.85. The maximum atomic E-state index is 11.9. The predicted molar refractivity (Wildman–Crippen MR) is 84.8 cm³/mol. The smallest absolute Gasteiger partial charge is 0.303 e. The number of nitrogens with one attached hydrogen (secondary N) is 1. The van der Waals surface area contributed by atoms with Crippen LogP contribution >= 0.6 is 11.2 Å². The molecule has 0 bridgehead atoms. The van der Waals surface area contributed by atoms with Gasteiger partial charge in [-0.05, 0) is 5.92 Å². The number of esters is 2. The van der Waals surface area contributed by atoms with E-state index in [9.17, 15) is 19.5 Å². The first-order valence-electron chi connectivity index (χ1n) is 7.40. The van der Waals surface area contributed by atoms with Crippen molar-refractivity contribution in [3.63, 3.8) is 0 Å². The molecule has 0 fully saturated rings. The van der Waals surface area contributed by atoms with Gasteiger partial charge in [-0.3, -0.25) is 14.4 Å². The number of hydrogen-bond acceptors (Lipinski definition) is 6. The minimum absolute atomic E-state index is 0.0292. The van der Waals surface area contributed by atoms with E-state index in [1.54, 1.807) is 0 Å². The third-order valence-corrected chi connectivity index (χ3v) is 4.16. The second-order valence-corrected chi connectivity index (χ2v) is 6.86. The van der Waals surface area contributed by atoms with E-state index < -0.39 is 35.4 Å². The first-order valence-corrected chi connectivity index (χ1v) is 8.27. The lowest BCUT2D eigenvalue weighted by Gasteiger charge is -2.33. The molecule has 7 nitrogen and oxygen atoms in total. The zero-order valence-corrected chi connectivity index (χ0v) is 14.5. The molecule has 8 heteroatoms. The molecule has 1 aliphatic heterocycles. The summed E-state index contributed by atoms with van der Waals surface area (Å²) < 4.78 is 10.0. The molecule has 130 valence electrons. The molecular formula is C15H23NO6S. The Morgan fingerprint density at radius 3 is 2.43 bits per heavy atom. The Kier molecular flexibility index (Phi) is 7.48. The van der Waals surface area contributed by atoms with Crippen LogP contribution in [0.15, 0.2) is 0 Å². The van der Waals surface area contributed by atoms with Crippen LogP contribution in [-0.4, -0.2) is 53.1 Å². The van der Waals surface area contributed by atoms with E-state index in [4.69, 9.17) is 9.47 Å². The van der Waals surface area contributed by atoms with Crippen molar-refractivity contribution < 1.29 is 29.0 Å². The molecule has 0 aromatic carbocycles. The third-order valence-electron chi connectivity index (χ3n) is 3.06. The topological polar surface area (TPSA) is 102 Å². The first-order chi connectivity index (χ1) is 10.7. The second-order valence-electron chi connectivity index (χ2n) is 5.78. The van der Waals surface area contributed by atoms with Crippen molar-refractivity contribution in [1.82, 2.24) is 5.32 Å². The minimum Gasteiger partial charge on any atom is -0.464 e. The lowest BCUT2D eigenvalue weighted by molar-refractivity contribution is -0.156. The number of carbonyl (C=O) groups excluding carboxylic acids is 3. The molecular weight excluding hydrogens is 322 g/mol. The van der Waals surface area contributed by atoms with Gasteiger partial charge in [-0.2, -0.15) is 0 Å². The Bertz CT molecular complexity index is 524. The minimum atomic E-state index is -1.09. The summed E-state index contributed by atoms with van der Waals surface area (Å²) >= 11 is 1.13. The molecule has 0 radical (unpaired) electrons. The summed E-state index contributed by atoms with van der Waals surface area (Å²) in [5.74, 6) is -1.06. The fourth-order valence-corrected chi connectivity index (χ4v) is 3.03. The fraction of sp³-hybridized carbons (Fsp3) is 0.733. The summed E-state index contributed by atoms with van der Waals surface area (Å²) in [6, 6.07) is -0.723. The summed E-state index contributed by atoms with van der Waals surface area (Å²) in [6.07, 6.45) is -1.73. The highest BCUT2D eigenvalue weighted by molar-refractivity contribution is 7.89. The van der Waals surface area contributed by atoms with Crippen LogP contribution in [0.1, 0.15) is 34.1 Å². The van der Waals surface area contributed by atoms with E-state index in [1.165, 1.54) is 13.8 Å². The van der Waals surface area contributed by atoms with E-state index in [-0.39, 0.29) is 18.4 Å². The van der Waals surface area contributed by atoms with Crippen molar-refractivity contribution in [1.29, 1.82) is 0 Å². The zero-order valence-electron chi connectivity index (χ0n) is 13.7. The van der Waals surface area contributed by atoms with Gasteiger partial charge in [0, 0.05) is 20.3 Å². The molecule has 1 rings (SSSR count). The molecule has 0 aromatic heterocycles. The van der Waals surface area contributed by atoms with Gasteiger partial charge in [-0.1, -0.05) is 19.0 Å². The van der Waals surface area contributed by atoms with Gasteiger partial charge in [0.05, 0.1) is 5.25 Å². The van der Waals surface area contributed by atoms with E-state index in [2.05, 4.69) is 10.5 Å². The predicted octanol–water partition coefficient (Wildman–Crippen LogP) is 0.448. The van der Waals surface area contributed by atoms with Gasteiger partial charge in [0.1, 0.15) is 18.8 Å². The monoisotopic (exact) mass is 345 g/mol. The van der Waals surface area contributed by atoms with Gasteiger partial charge >= 0.3 is 11.9 Å². The van der Waals surface area contributed by atoms with Gasteiger partial charge in [-0.15, -0.1) is 11.2 Å². The lowest BCUT2D eigenvalue weighted by Crippen LogP contribution is -2.54. The number of carbonyl (C=O) groups is 3. The van der Waals surface area contributed by atoms with E-state index in [1.807, 2.05) is 13.8 Å². The van der Waals surface area contributed by atoms with E-state index in [0.29, 0.717) is 6.42 Å². The van der Waals surface area contributed by atoms with Crippen LogP contribution in [0.2, 0.25) is 0 Å². The Morgan fingerprint density at radius 2 is 1.91 bits per heavy atom. The molecule has 0 aromatic rings. The van der Waals surface area contributed by atoms with Crippen molar-refractivity contribution >= 4 is 29.0 Å². The van der Waals surface area contributed by atoms with Gasteiger partial charge in [0.15, 0.2) is 6.10 Å². The quantitative estimate of drug-likeness (QED) is 0.678. The van der Waals surface area contributed by atoms with E-state index >= 15 is 0 Å². The number of hydrogen-bond donors (Lipinski definition) is 2. The summed E-state index contributed by atoms with van der Waals surface area (Å²) in [4.78, 5) is 34.1. The van der Waals surface area contributed by atoms with Gasteiger partial charge in [0.2, 0.25) is 5.91 Å². The third kappa shape index (κ3) is 6.56. The van der Waals surface area contributed by atoms with Crippen molar-refractivity contribution in [2.24, 2.45) is 5.92 Å². The molecule has 4 atom stereocenters. The van der Waals surface area contributed by atoms with Crippen molar-refractivity contribution in [3.8, 4) is 5.18 Å². The maximum Gasteiger partial charge on any atom is 0.303 e. The van der Waals surface area contributed by atoms with Crippen LogP contribution in [-0.2, 0) is 23.9 Å². The van der Waals surface area contributed by atoms with Crippen LogP contribution in [0.4, 0.5) is 0 Å². The summed E-state index contributed by atoms with van der Waals surface area (Å²) in [6.45, 7) is 6.29. The van der Waals surface area contributed by atoms with Gasteiger partial charge in [0.25, 0.3) is 0 Å². The molecule has 23 heavy (non-hydrogen) atoms. The average Bonchev–Trinajstić information content (AvgIpc) is 2.40. The molecule has 0 saturated heterocycles. The highest BCUT2D eigenvalue weighted by Crippen LogP contribution is 2.21. The number of aliphatic hydroxyl groups excluding tert-OH is 1. The van der Waals surface area contributed by atoms with Crippen LogP contribution in [0.3, 0.4) is 0 Å². The first kappa shape index (κ1) is 19.4. The molecule has 1 heterocycles. The normalized spacial score (nSPS) is 26.3. The van der Waals surface area contributed by atoms with E-state index in [0.717, 1.165) is 11.2 Å². The van der Waals surface area contributed by atoms with Crippen molar-refractivity contribution in [3.05, 3.63) is 0 Å². The molecule has 4 unspecified atom stereocenters. The van der Waals surface area contributed by atoms with Gasteiger partial charge < -0.3 is 19.9 Å². The number of ether oxygens (including phenoxy) is 2. The lowest BCUT2D eigenvalue weighted by atomic mass is 10.0. The zero-order chi connectivity index (χ0) is 17.6. The summed E-state index contributed by atoms with van der Waals surface area (Å²) in [5.41, 5.74) is 0. The molecule has 1 aliphatic rings. The molecule has 0 spiro atoms.